The lowest BCUT2D eigenvalue weighted by atomic mass is 9.58. The monoisotopic (exact) mass is 524 g/mol. The highest BCUT2D eigenvalue weighted by Gasteiger charge is 2.69. The van der Waals surface area contributed by atoms with Gasteiger partial charge in [0.1, 0.15) is 13.6 Å². The lowest BCUT2D eigenvalue weighted by Gasteiger charge is -2.53. The summed E-state index contributed by atoms with van der Waals surface area (Å²) in [5.41, 5.74) is 1.28. The predicted molar refractivity (Wildman–Crippen MR) is 145 cm³/mol. The molecular formula is C32H44O6. The van der Waals surface area contributed by atoms with E-state index in [0.717, 1.165) is 56.1 Å². The van der Waals surface area contributed by atoms with Crippen molar-refractivity contribution in [3.8, 4) is 0 Å². The van der Waals surface area contributed by atoms with Crippen LogP contribution in [0.5, 0.6) is 0 Å². The van der Waals surface area contributed by atoms with E-state index in [-0.39, 0.29) is 31.5 Å². The van der Waals surface area contributed by atoms with Crippen LogP contribution >= 0.6 is 0 Å². The molecule has 0 spiro atoms. The van der Waals surface area contributed by atoms with Crippen molar-refractivity contribution in [1.29, 1.82) is 0 Å². The molecule has 6 heteroatoms. The number of hydrogen-bond donors (Lipinski definition) is 1. The fourth-order valence-electron chi connectivity index (χ4n) is 7.43. The summed E-state index contributed by atoms with van der Waals surface area (Å²) in [7, 11) is 0. The zero-order valence-electron chi connectivity index (χ0n) is 23.0. The van der Waals surface area contributed by atoms with Gasteiger partial charge in [-0.1, -0.05) is 74.5 Å². The fraction of sp³-hybridized carbons (Fsp3) is 0.625. The Morgan fingerprint density at radius 3 is 1.89 bits per heavy atom. The fourth-order valence-corrected chi connectivity index (χ4v) is 7.43. The van der Waals surface area contributed by atoms with Crippen molar-refractivity contribution in [2.24, 2.45) is 11.8 Å². The normalized spacial score (nSPS) is 34.6. The van der Waals surface area contributed by atoms with Crippen LogP contribution in [-0.2, 0) is 36.9 Å². The Bertz CT molecular complexity index is 1000. The van der Waals surface area contributed by atoms with Gasteiger partial charge in [0, 0.05) is 12.3 Å². The van der Waals surface area contributed by atoms with Gasteiger partial charge in [-0.15, -0.1) is 0 Å². The van der Waals surface area contributed by atoms with Crippen molar-refractivity contribution in [2.75, 3.05) is 13.6 Å². The van der Waals surface area contributed by atoms with Gasteiger partial charge in [0.2, 0.25) is 0 Å². The molecule has 1 saturated heterocycles. The molecule has 6 atom stereocenters. The average Bonchev–Trinajstić information content (AvgIpc) is 3.29. The summed E-state index contributed by atoms with van der Waals surface area (Å²) in [5.74, 6) is -1.36. The van der Waals surface area contributed by atoms with E-state index in [1.807, 2.05) is 36.4 Å². The zero-order chi connectivity index (χ0) is 26.5. The molecule has 208 valence electrons. The Morgan fingerprint density at radius 2 is 1.32 bits per heavy atom. The maximum atomic E-state index is 12.0. The molecule has 0 aromatic heterocycles. The zero-order valence-corrected chi connectivity index (χ0v) is 23.0. The lowest BCUT2D eigenvalue weighted by molar-refractivity contribution is -0.288. The molecule has 2 aromatic carbocycles. The molecule has 1 N–H and O–H groups in total. The van der Waals surface area contributed by atoms with Crippen LogP contribution in [0.4, 0.5) is 0 Å². The third kappa shape index (κ3) is 5.58. The maximum absolute atomic E-state index is 12.0. The van der Waals surface area contributed by atoms with Crippen LogP contribution in [0.25, 0.3) is 0 Å². The minimum Gasteiger partial charge on any atom is -0.365 e. The molecule has 2 saturated carbocycles. The van der Waals surface area contributed by atoms with E-state index in [2.05, 4.69) is 38.1 Å². The first-order valence-electron chi connectivity index (χ1n) is 14.5. The highest BCUT2D eigenvalue weighted by atomic mass is 16.7. The molecule has 1 heterocycles. The molecule has 2 aromatic rings. The Kier molecular flexibility index (Phi) is 8.88. The van der Waals surface area contributed by atoms with Crippen molar-refractivity contribution in [3.05, 3.63) is 71.8 Å². The van der Waals surface area contributed by atoms with Crippen LogP contribution < -0.4 is 0 Å². The number of aliphatic hydroxyl groups is 1. The third-order valence-electron chi connectivity index (χ3n) is 9.28. The van der Waals surface area contributed by atoms with E-state index in [0.29, 0.717) is 19.6 Å². The molecule has 0 amide bonds. The van der Waals surface area contributed by atoms with Gasteiger partial charge >= 0.3 is 0 Å². The molecule has 38 heavy (non-hydrogen) atoms. The van der Waals surface area contributed by atoms with Crippen LogP contribution in [0.2, 0.25) is 0 Å². The van der Waals surface area contributed by atoms with Gasteiger partial charge in [0.25, 0.3) is 0 Å². The standard InChI is InChI=1S/C32H44O6/c1-3-30(36-23-34-21-25-13-7-5-8-14-25)18-11-17-27-28(30)29-31(4-2,19-12-20-32(29,33)38-27)37-24-35-22-26-15-9-6-10-16-26/h5-10,13-16,27-29,33H,3-4,11-12,17-24H2,1-2H3/t27?,28-,29-,30-,31-,32?/m0/s1. The van der Waals surface area contributed by atoms with Crippen LogP contribution in [-0.4, -0.2) is 41.8 Å². The van der Waals surface area contributed by atoms with Gasteiger partial charge in [0.05, 0.1) is 36.4 Å². The second-order valence-electron chi connectivity index (χ2n) is 11.3. The number of benzene rings is 2. The Morgan fingerprint density at radius 1 is 0.763 bits per heavy atom. The van der Waals surface area contributed by atoms with E-state index in [1.165, 1.54) is 0 Å². The first-order valence-corrected chi connectivity index (χ1v) is 14.5. The van der Waals surface area contributed by atoms with E-state index in [4.69, 9.17) is 23.7 Å². The molecule has 2 unspecified atom stereocenters. The Labute approximate surface area is 227 Å². The van der Waals surface area contributed by atoms with Crippen molar-refractivity contribution < 1.29 is 28.8 Å². The van der Waals surface area contributed by atoms with E-state index >= 15 is 0 Å². The summed E-state index contributed by atoms with van der Waals surface area (Å²) in [6, 6.07) is 20.3. The van der Waals surface area contributed by atoms with Gasteiger partial charge in [-0.05, 0) is 56.1 Å². The van der Waals surface area contributed by atoms with Gasteiger partial charge < -0.3 is 28.8 Å². The smallest absolute Gasteiger partial charge is 0.171 e. The van der Waals surface area contributed by atoms with Crippen molar-refractivity contribution in [2.45, 2.75) is 102 Å². The number of rotatable bonds is 12. The third-order valence-corrected chi connectivity index (χ3v) is 9.28. The summed E-state index contributed by atoms with van der Waals surface area (Å²) in [6.45, 7) is 5.77. The van der Waals surface area contributed by atoms with Gasteiger partial charge in [-0.2, -0.15) is 0 Å². The van der Waals surface area contributed by atoms with E-state index in [1.54, 1.807) is 0 Å². The molecule has 1 aliphatic heterocycles. The summed E-state index contributed by atoms with van der Waals surface area (Å²) < 4.78 is 31.8. The lowest BCUT2D eigenvalue weighted by Crippen LogP contribution is -2.61. The van der Waals surface area contributed by atoms with Crippen molar-refractivity contribution >= 4 is 0 Å². The molecule has 3 fully saturated rings. The van der Waals surface area contributed by atoms with Crippen LogP contribution in [0.3, 0.4) is 0 Å². The first kappa shape index (κ1) is 27.8. The molecule has 5 rings (SSSR count). The molecule has 0 radical (unpaired) electrons. The topological polar surface area (TPSA) is 66.4 Å². The Hall–Kier alpha value is -1.80. The number of fused-ring (bicyclic) bond motifs is 3. The van der Waals surface area contributed by atoms with Crippen LogP contribution in [0, 0.1) is 11.8 Å². The highest BCUT2D eigenvalue weighted by Crippen LogP contribution is 2.61. The molecule has 2 aliphatic carbocycles. The van der Waals surface area contributed by atoms with Gasteiger partial charge in [-0.25, -0.2) is 0 Å². The quantitative estimate of drug-likeness (QED) is 0.258. The second-order valence-corrected chi connectivity index (χ2v) is 11.3. The molecule has 3 aliphatic rings. The second kappa shape index (κ2) is 12.2. The van der Waals surface area contributed by atoms with Crippen LogP contribution in [0.15, 0.2) is 60.7 Å². The molecular weight excluding hydrogens is 480 g/mol. The molecule has 0 bridgehead atoms. The van der Waals surface area contributed by atoms with Crippen molar-refractivity contribution in [1.82, 2.24) is 0 Å². The highest BCUT2D eigenvalue weighted by molar-refractivity contribution is 5.16. The Balaban J connectivity index is 1.32. The van der Waals surface area contributed by atoms with E-state index < -0.39 is 17.0 Å². The SMILES string of the molecule is CC[C@]1(OCOCc2ccccc2)CCCC2(O)OC3CCC[C@](CC)(OCOCc4ccccc4)[C@@H]3[C@H]21. The minimum absolute atomic E-state index is 0.0287. The van der Waals surface area contributed by atoms with Gasteiger partial charge in [-0.3, -0.25) is 0 Å². The summed E-state index contributed by atoms with van der Waals surface area (Å²) >= 11 is 0. The summed E-state index contributed by atoms with van der Waals surface area (Å²) in [5, 5.41) is 12.0. The number of hydrogen-bond acceptors (Lipinski definition) is 6. The van der Waals surface area contributed by atoms with Gasteiger partial charge in [0.15, 0.2) is 5.79 Å². The maximum Gasteiger partial charge on any atom is 0.171 e. The van der Waals surface area contributed by atoms with E-state index in [9.17, 15) is 5.11 Å². The number of ether oxygens (including phenoxy) is 5. The van der Waals surface area contributed by atoms with Crippen LogP contribution in [0.1, 0.15) is 76.3 Å². The molecule has 6 nitrogen and oxygen atoms in total. The largest absolute Gasteiger partial charge is 0.365 e. The first-order chi connectivity index (χ1) is 18.5. The average molecular weight is 525 g/mol. The van der Waals surface area contributed by atoms with Crippen molar-refractivity contribution in [3.63, 3.8) is 0 Å². The predicted octanol–water partition coefficient (Wildman–Crippen LogP) is 6.35. The minimum atomic E-state index is -1.21. The summed E-state index contributed by atoms with van der Waals surface area (Å²) in [6.07, 6.45) is 6.81. The summed E-state index contributed by atoms with van der Waals surface area (Å²) in [4.78, 5) is 0.